The van der Waals surface area contributed by atoms with Crippen molar-refractivity contribution in [2.75, 3.05) is 32.1 Å². The smallest absolute Gasteiger partial charge is 0.255 e. The first kappa shape index (κ1) is 15.2. The number of anilines is 1. The Bertz CT molecular complexity index is 677. The zero-order chi connectivity index (χ0) is 16.2. The molecule has 7 nitrogen and oxygen atoms in total. The molecular weight excluding hydrogens is 294 g/mol. The van der Waals surface area contributed by atoms with Crippen molar-refractivity contribution in [3.63, 3.8) is 0 Å². The maximum atomic E-state index is 12.4. The molecule has 2 aromatic rings. The minimum absolute atomic E-state index is 0.0164. The molecule has 3 rings (SSSR count). The predicted octanol–water partition coefficient (Wildman–Crippen LogP) is 1.23. The summed E-state index contributed by atoms with van der Waals surface area (Å²) in [6.45, 7) is 1.21. The summed E-state index contributed by atoms with van der Waals surface area (Å²) < 4.78 is 5.87. The third-order valence-corrected chi connectivity index (χ3v) is 3.69. The summed E-state index contributed by atoms with van der Waals surface area (Å²) in [4.78, 5) is 28.5. The van der Waals surface area contributed by atoms with Crippen LogP contribution < -0.4 is 9.64 Å². The van der Waals surface area contributed by atoms with Crippen molar-refractivity contribution < 1.29 is 9.53 Å². The molecule has 0 aromatic carbocycles. The van der Waals surface area contributed by atoms with E-state index in [4.69, 9.17) is 4.74 Å². The number of rotatable bonds is 4. The highest BCUT2D eigenvalue weighted by molar-refractivity contribution is 5.94. The Morgan fingerprint density at radius 3 is 2.91 bits per heavy atom. The van der Waals surface area contributed by atoms with Gasteiger partial charge in [-0.15, -0.1) is 0 Å². The summed E-state index contributed by atoms with van der Waals surface area (Å²) in [6.07, 6.45) is 7.23. The summed E-state index contributed by atoms with van der Waals surface area (Å²) in [5, 5.41) is 0. The van der Waals surface area contributed by atoms with E-state index in [0.717, 1.165) is 12.2 Å². The molecule has 1 unspecified atom stereocenters. The highest BCUT2D eigenvalue weighted by Gasteiger charge is 2.28. The molecule has 120 valence electrons. The van der Waals surface area contributed by atoms with Crippen molar-refractivity contribution in [2.24, 2.45) is 0 Å². The zero-order valence-electron chi connectivity index (χ0n) is 13.2. The second-order valence-electron chi connectivity index (χ2n) is 5.63. The summed E-state index contributed by atoms with van der Waals surface area (Å²) in [5.74, 6) is 1.21. The molecule has 1 aliphatic heterocycles. The van der Waals surface area contributed by atoms with Crippen molar-refractivity contribution in [2.45, 2.75) is 12.5 Å². The number of carbonyl (C=O) groups is 1. The molecule has 1 amide bonds. The minimum atomic E-state index is -0.0673. The van der Waals surface area contributed by atoms with Gasteiger partial charge < -0.3 is 14.5 Å². The zero-order valence-corrected chi connectivity index (χ0v) is 13.2. The molecule has 1 atom stereocenters. The van der Waals surface area contributed by atoms with Crippen LogP contribution in [0.2, 0.25) is 0 Å². The van der Waals surface area contributed by atoms with Gasteiger partial charge in [-0.25, -0.2) is 0 Å². The standard InChI is InChI=1S/C16H19N5O2/c1-20(2)14-9-18-10-15(19-14)23-13-5-7-21(11-13)16(22)12-4-3-6-17-8-12/h3-4,6,8-10,13H,5,7,11H2,1-2H3. The van der Waals surface area contributed by atoms with E-state index in [-0.39, 0.29) is 12.0 Å². The molecule has 0 radical (unpaired) electrons. The molecule has 0 N–H and O–H groups in total. The first-order chi connectivity index (χ1) is 11.1. The van der Waals surface area contributed by atoms with Gasteiger partial charge in [0, 0.05) is 39.5 Å². The molecule has 1 saturated heterocycles. The van der Waals surface area contributed by atoms with Crippen molar-refractivity contribution >= 4 is 11.7 Å². The van der Waals surface area contributed by atoms with Crippen molar-refractivity contribution in [3.05, 3.63) is 42.5 Å². The molecule has 2 aromatic heterocycles. The topological polar surface area (TPSA) is 71.5 Å². The molecule has 3 heterocycles. The fourth-order valence-corrected chi connectivity index (χ4v) is 2.46. The number of aromatic nitrogens is 3. The number of carbonyl (C=O) groups excluding carboxylic acids is 1. The van der Waals surface area contributed by atoms with Crippen LogP contribution >= 0.6 is 0 Å². The third kappa shape index (κ3) is 3.56. The lowest BCUT2D eigenvalue weighted by molar-refractivity contribution is 0.0770. The minimum Gasteiger partial charge on any atom is -0.471 e. The Hall–Kier alpha value is -2.70. The summed E-state index contributed by atoms with van der Waals surface area (Å²) >= 11 is 0. The SMILES string of the molecule is CN(C)c1cncc(OC2CCN(C(=O)c3cccnc3)C2)n1. The quantitative estimate of drug-likeness (QED) is 0.845. The van der Waals surface area contributed by atoms with Crippen molar-refractivity contribution in [3.8, 4) is 5.88 Å². The lowest BCUT2D eigenvalue weighted by atomic mass is 10.2. The Morgan fingerprint density at radius 1 is 1.30 bits per heavy atom. The summed E-state index contributed by atoms with van der Waals surface area (Å²) in [7, 11) is 3.80. The molecule has 1 aliphatic rings. The van der Waals surface area contributed by atoms with Crippen LogP contribution in [-0.2, 0) is 0 Å². The number of amides is 1. The van der Waals surface area contributed by atoms with Crippen LogP contribution in [0.15, 0.2) is 36.9 Å². The van der Waals surface area contributed by atoms with Crippen LogP contribution in [0.1, 0.15) is 16.8 Å². The van der Waals surface area contributed by atoms with E-state index in [0.29, 0.717) is 24.5 Å². The lowest BCUT2D eigenvalue weighted by Gasteiger charge is -2.17. The number of likely N-dealkylation sites (tertiary alicyclic amines) is 1. The van der Waals surface area contributed by atoms with Gasteiger partial charge in [-0.2, -0.15) is 4.98 Å². The average molecular weight is 313 g/mol. The van der Waals surface area contributed by atoms with Gasteiger partial charge >= 0.3 is 0 Å². The van der Waals surface area contributed by atoms with E-state index in [2.05, 4.69) is 15.0 Å². The van der Waals surface area contributed by atoms with Gasteiger partial charge in [-0.3, -0.25) is 14.8 Å². The van der Waals surface area contributed by atoms with Gasteiger partial charge in [0.1, 0.15) is 6.10 Å². The normalized spacial score (nSPS) is 17.1. The van der Waals surface area contributed by atoms with Crippen LogP contribution in [-0.4, -0.2) is 59.0 Å². The number of nitrogens with zero attached hydrogens (tertiary/aromatic N) is 5. The molecule has 7 heteroatoms. The van der Waals surface area contributed by atoms with Crippen molar-refractivity contribution in [1.82, 2.24) is 19.9 Å². The molecular formula is C16H19N5O2. The van der Waals surface area contributed by atoms with Gasteiger partial charge in [-0.1, -0.05) is 0 Å². The van der Waals surface area contributed by atoms with E-state index in [1.54, 1.807) is 41.8 Å². The first-order valence-electron chi connectivity index (χ1n) is 7.49. The van der Waals surface area contributed by atoms with E-state index in [1.807, 2.05) is 19.0 Å². The van der Waals surface area contributed by atoms with Crippen LogP contribution in [0.4, 0.5) is 5.82 Å². The number of hydrogen-bond acceptors (Lipinski definition) is 6. The largest absolute Gasteiger partial charge is 0.471 e. The third-order valence-electron chi connectivity index (χ3n) is 3.69. The van der Waals surface area contributed by atoms with Crippen molar-refractivity contribution in [1.29, 1.82) is 0 Å². The number of pyridine rings is 1. The summed E-state index contributed by atoms with van der Waals surface area (Å²) in [5.41, 5.74) is 0.600. The summed E-state index contributed by atoms with van der Waals surface area (Å²) in [6, 6.07) is 3.54. The molecule has 1 fully saturated rings. The van der Waals surface area contributed by atoms with Gasteiger partial charge in [0.15, 0.2) is 5.82 Å². The van der Waals surface area contributed by atoms with Crippen LogP contribution in [0.5, 0.6) is 5.88 Å². The Kier molecular flexibility index (Phi) is 4.36. The van der Waals surface area contributed by atoms with E-state index >= 15 is 0 Å². The molecule has 0 bridgehead atoms. The van der Waals surface area contributed by atoms with Gasteiger partial charge in [0.2, 0.25) is 5.88 Å². The molecule has 23 heavy (non-hydrogen) atoms. The van der Waals surface area contributed by atoms with Crippen LogP contribution in [0.3, 0.4) is 0 Å². The fraction of sp³-hybridized carbons (Fsp3) is 0.375. The van der Waals surface area contributed by atoms with Gasteiger partial charge in [0.25, 0.3) is 5.91 Å². The molecule has 0 saturated carbocycles. The van der Waals surface area contributed by atoms with E-state index < -0.39 is 0 Å². The average Bonchev–Trinajstić information content (AvgIpc) is 3.03. The first-order valence-corrected chi connectivity index (χ1v) is 7.49. The monoisotopic (exact) mass is 313 g/mol. The Morgan fingerprint density at radius 2 is 2.17 bits per heavy atom. The number of hydrogen-bond donors (Lipinski definition) is 0. The van der Waals surface area contributed by atoms with Gasteiger partial charge in [0.05, 0.1) is 24.5 Å². The molecule has 0 spiro atoms. The maximum Gasteiger partial charge on any atom is 0.255 e. The van der Waals surface area contributed by atoms with Crippen LogP contribution in [0.25, 0.3) is 0 Å². The Balaban J connectivity index is 1.62. The van der Waals surface area contributed by atoms with Crippen LogP contribution in [0, 0.1) is 0 Å². The maximum absolute atomic E-state index is 12.4. The molecule has 0 aliphatic carbocycles. The highest BCUT2D eigenvalue weighted by atomic mass is 16.5. The lowest BCUT2D eigenvalue weighted by Crippen LogP contribution is -2.31. The highest BCUT2D eigenvalue weighted by Crippen LogP contribution is 2.19. The fourth-order valence-electron chi connectivity index (χ4n) is 2.46. The predicted molar refractivity (Wildman–Crippen MR) is 85.5 cm³/mol. The van der Waals surface area contributed by atoms with E-state index in [1.165, 1.54) is 0 Å². The second-order valence-corrected chi connectivity index (χ2v) is 5.63. The second kappa shape index (κ2) is 6.60. The van der Waals surface area contributed by atoms with Gasteiger partial charge in [-0.05, 0) is 12.1 Å². The Labute approximate surface area is 134 Å². The number of ether oxygens (including phenoxy) is 1. The van der Waals surface area contributed by atoms with E-state index in [9.17, 15) is 4.79 Å².